The molecule has 0 saturated carbocycles. The second-order valence-electron chi connectivity index (χ2n) is 5.89. The molecule has 3 rings (SSSR count). The smallest absolute Gasteiger partial charge is 0.237 e. The summed E-state index contributed by atoms with van der Waals surface area (Å²) in [6.07, 6.45) is 0. The van der Waals surface area contributed by atoms with Gasteiger partial charge >= 0.3 is 0 Å². The van der Waals surface area contributed by atoms with Gasteiger partial charge in [-0.25, -0.2) is 4.39 Å². The Bertz CT molecular complexity index is 763. The van der Waals surface area contributed by atoms with Crippen molar-refractivity contribution >= 4 is 29.3 Å². The second-order valence-corrected chi connectivity index (χ2v) is 7.19. The molecule has 0 aliphatic carbocycles. The summed E-state index contributed by atoms with van der Waals surface area (Å²) in [5, 5.41) is 11.6. The molecule has 1 fully saturated rings. The fraction of sp³-hybridized carbons (Fsp3) is 0.471. The van der Waals surface area contributed by atoms with E-state index in [1.807, 2.05) is 11.5 Å². The molecule has 140 valence electrons. The summed E-state index contributed by atoms with van der Waals surface area (Å²) in [5.41, 5.74) is 0.438. The molecular weight excluding hydrogens is 357 g/mol. The number of ether oxygens (including phenoxy) is 1. The molecule has 0 unspecified atom stereocenters. The van der Waals surface area contributed by atoms with E-state index in [4.69, 9.17) is 4.74 Å². The molecule has 1 N–H and O–H groups in total. The van der Waals surface area contributed by atoms with Gasteiger partial charge in [0.1, 0.15) is 5.82 Å². The van der Waals surface area contributed by atoms with Crippen LogP contribution in [0.1, 0.15) is 13.8 Å². The zero-order valence-electron chi connectivity index (χ0n) is 14.8. The predicted octanol–water partition coefficient (Wildman–Crippen LogP) is 2.39. The van der Waals surface area contributed by atoms with Crippen LogP contribution in [0.15, 0.2) is 29.4 Å². The molecule has 7 nitrogen and oxygen atoms in total. The van der Waals surface area contributed by atoms with Crippen LogP contribution < -0.4 is 10.2 Å². The maximum Gasteiger partial charge on any atom is 0.237 e. The lowest BCUT2D eigenvalue weighted by atomic mass is 10.3. The fourth-order valence-electron chi connectivity index (χ4n) is 2.66. The van der Waals surface area contributed by atoms with Crippen molar-refractivity contribution in [1.29, 1.82) is 0 Å². The van der Waals surface area contributed by atoms with Crippen LogP contribution in [0.5, 0.6) is 0 Å². The highest BCUT2D eigenvalue weighted by atomic mass is 32.2. The van der Waals surface area contributed by atoms with E-state index in [-0.39, 0.29) is 11.7 Å². The predicted molar refractivity (Wildman–Crippen MR) is 99.1 cm³/mol. The molecule has 1 saturated heterocycles. The summed E-state index contributed by atoms with van der Waals surface area (Å²) in [6.45, 7) is 7.42. The Morgan fingerprint density at radius 3 is 2.85 bits per heavy atom. The van der Waals surface area contributed by atoms with Crippen LogP contribution in [0.3, 0.4) is 0 Å². The first-order valence-corrected chi connectivity index (χ1v) is 9.45. The highest BCUT2D eigenvalue weighted by Crippen LogP contribution is 2.26. The van der Waals surface area contributed by atoms with Crippen molar-refractivity contribution in [1.82, 2.24) is 14.8 Å². The largest absolute Gasteiger partial charge is 0.378 e. The monoisotopic (exact) mass is 379 g/mol. The van der Waals surface area contributed by atoms with Crippen LogP contribution in [0.4, 0.5) is 16.0 Å². The van der Waals surface area contributed by atoms with Gasteiger partial charge in [-0.1, -0.05) is 17.8 Å². The molecule has 1 atom stereocenters. The molecule has 9 heteroatoms. The zero-order valence-corrected chi connectivity index (χ0v) is 15.6. The van der Waals surface area contributed by atoms with E-state index in [1.165, 1.54) is 23.9 Å². The summed E-state index contributed by atoms with van der Waals surface area (Å²) >= 11 is 1.34. The number of nitrogens with zero attached hydrogens (tertiary/aromatic N) is 4. The highest BCUT2D eigenvalue weighted by molar-refractivity contribution is 8.00. The van der Waals surface area contributed by atoms with Crippen LogP contribution in [0.25, 0.3) is 0 Å². The molecule has 0 bridgehead atoms. The molecule has 1 amide bonds. The van der Waals surface area contributed by atoms with Crippen LogP contribution in [-0.4, -0.2) is 52.2 Å². The van der Waals surface area contributed by atoms with Crippen LogP contribution >= 0.6 is 11.8 Å². The zero-order chi connectivity index (χ0) is 18.5. The third-order valence-electron chi connectivity index (χ3n) is 4.05. The molecule has 1 aromatic heterocycles. The third kappa shape index (κ3) is 4.34. The van der Waals surface area contributed by atoms with Crippen molar-refractivity contribution in [3.8, 4) is 0 Å². The summed E-state index contributed by atoms with van der Waals surface area (Å²) in [5.74, 6) is 0.208. The molecule has 1 aliphatic heterocycles. The number of rotatable bonds is 6. The number of nitrogens with one attached hydrogen (secondary N) is 1. The lowest BCUT2D eigenvalue weighted by Crippen LogP contribution is -2.38. The molecule has 2 aromatic rings. The standard InChI is InChI=1S/C17H22FN5O2S/c1-3-23-16(22-7-9-25-10-8-22)20-21-17(23)26-12(2)15(24)19-14-6-4-5-13(18)11-14/h4-6,11-12H,3,7-10H2,1-2H3,(H,19,24)/t12-/m1/s1. The van der Waals surface area contributed by atoms with Crippen molar-refractivity contribution < 1.29 is 13.9 Å². The number of halogens is 1. The lowest BCUT2D eigenvalue weighted by molar-refractivity contribution is -0.115. The Morgan fingerprint density at radius 1 is 1.38 bits per heavy atom. The number of carbonyl (C=O) groups is 1. The van der Waals surface area contributed by atoms with E-state index in [1.54, 1.807) is 19.1 Å². The number of morpholine rings is 1. The normalized spacial score (nSPS) is 15.7. The average molecular weight is 379 g/mol. The first-order valence-electron chi connectivity index (χ1n) is 8.57. The van der Waals surface area contributed by atoms with E-state index in [2.05, 4.69) is 20.4 Å². The lowest BCUT2D eigenvalue weighted by Gasteiger charge is -2.27. The topological polar surface area (TPSA) is 72.3 Å². The van der Waals surface area contributed by atoms with Gasteiger partial charge in [-0.15, -0.1) is 10.2 Å². The molecular formula is C17H22FN5O2S. The van der Waals surface area contributed by atoms with Crippen molar-refractivity contribution in [2.75, 3.05) is 36.5 Å². The molecule has 26 heavy (non-hydrogen) atoms. The molecule has 1 aliphatic rings. The minimum atomic E-state index is -0.398. The minimum Gasteiger partial charge on any atom is -0.378 e. The summed E-state index contributed by atoms with van der Waals surface area (Å²) < 4.78 is 20.6. The van der Waals surface area contributed by atoms with Gasteiger partial charge in [-0.2, -0.15) is 0 Å². The number of benzene rings is 1. The Kier molecular flexibility index (Phi) is 6.10. The molecule has 1 aromatic carbocycles. The van der Waals surface area contributed by atoms with Crippen LogP contribution in [-0.2, 0) is 16.1 Å². The molecule has 0 radical (unpaired) electrons. The van der Waals surface area contributed by atoms with Crippen molar-refractivity contribution in [3.63, 3.8) is 0 Å². The van der Waals surface area contributed by atoms with Gasteiger partial charge in [0.05, 0.1) is 18.5 Å². The summed E-state index contributed by atoms with van der Waals surface area (Å²) in [6, 6.07) is 5.85. The first kappa shape index (κ1) is 18.7. The Morgan fingerprint density at radius 2 is 2.15 bits per heavy atom. The first-order chi connectivity index (χ1) is 12.6. The van der Waals surface area contributed by atoms with Gasteiger partial charge in [0.2, 0.25) is 11.9 Å². The van der Waals surface area contributed by atoms with E-state index in [0.717, 1.165) is 19.0 Å². The van der Waals surface area contributed by atoms with Crippen molar-refractivity contribution in [3.05, 3.63) is 30.1 Å². The Labute approximate surface area is 155 Å². The van der Waals surface area contributed by atoms with Gasteiger partial charge in [-0.05, 0) is 32.0 Å². The second kappa shape index (κ2) is 8.50. The highest BCUT2D eigenvalue weighted by Gasteiger charge is 2.23. The summed E-state index contributed by atoms with van der Waals surface area (Å²) in [4.78, 5) is 14.5. The maximum atomic E-state index is 13.3. The number of hydrogen-bond acceptors (Lipinski definition) is 6. The van der Waals surface area contributed by atoms with Gasteiger partial charge in [0.15, 0.2) is 5.16 Å². The van der Waals surface area contributed by atoms with Gasteiger partial charge in [0.25, 0.3) is 0 Å². The maximum absolute atomic E-state index is 13.3. The van der Waals surface area contributed by atoms with E-state index < -0.39 is 5.25 Å². The summed E-state index contributed by atoms with van der Waals surface area (Å²) in [7, 11) is 0. The van der Waals surface area contributed by atoms with Gasteiger partial charge < -0.3 is 15.0 Å². The molecule has 2 heterocycles. The fourth-order valence-corrected chi connectivity index (χ4v) is 3.57. The average Bonchev–Trinajstić information content (AvgIpc) is 3.05. The number of aromatic nitrogens is 3. The quantitative estimate of drug-likeness (QED) is 0.777. The number of amides is 1. The van der Waals surface area contributed by atoms with Crippen molar-refractivity contribution in [2.45, 2.75) is 30.8 Å². The Hall–Kier alpha value is -2.13. The number of hydrogen-bond donors (Lipinski definition) is 1. The SMILES string of the molecule is CCn1c(S[C@H](C)C(=O)Nc2cccc(F)c2)nnc1N1CCOCC1. The minimum absolute atomic E-state index is 0.209. The number of thioether (sulfide) groups is 1. The van der Waals surface area contributed by atoms with E-state index >= 15 is 0 Å². The van der Waals surface area contributed by atoms with Gasteiger partial charge in [-0.3, -0.25) is 9.36 Å². The van der Waals surface area contributed by atoms with E-state index in [9.17, 15) is 9.18 Å². The van der Waals surface area contributed by atoms with Gasteiger partial charge in [0, 0.05) is 25.3 Å². The number of carbonyl (C=O) groups excluding carboxylic acids is 1. The Balaban J connectivity index is 1.67. The van der Waals surface area contributed by atoms with Crippen LogP contribution in [0, 0.1) is 5.82 Å². The van der Waals surface area contributed by atoms with Crippen LogP contribution in [0.2, 0.25) is 0 Å². The number of anilines is 2. The third-order valence-corrected chi connectivity index (χ3v) is 5.13. The molecule has 0 spiro atoms. The van der Waals surface area contributed by atoms with Crippen molar-refractivity contribution in [2.24, 2.45) is 0 Å². The van der Waals surface area contributed by atoms with E-state index in [0.29, 0.717) is 30.6 Å².